The van der Waals surface area contributed by atoms with Crippen molar-refractivity contribution in [2.75, 3.05) is 47.5 Å². The first-order valence-corrected chi connectivity index (χ1v) is 31.5. The van der Waals surface area contributed by atoms with Gasteiger partial charge in [-0.2, -0.15) is 0 Å². The average Bonchev–Trinajstić information content (AvgIpc) is 3.38. The van der Waals surface area contributed by atoms with E-state index in [1.54, 1.807) is 0 Å². The summed E-state index contributed by atoms with van der Waals surface area (Å²) in [4.78, 5) is 37.4. The Morgan fingerprint density at radius 3 is 1.13 bits per heavy atom. The van der Waals surface area contributed by atoms with Gasteiger partial charge < -0.3 is 28.5 Å². The first kappa shape index (κ1) is 72.0. The van der Waals surface area contributed by atoms with Gasteiger partial charge in [-0.15, -0.1) is 0 Å². The highest BCUT2D eigenvalue weighted by molar-refractivity contribution is 5.71. The van der Waals surface area contributed by atoms with Crippen LogP contribution in [0.25, 0.3) is 0 Å². The molecule has 0 fully saturated rings. The summed E-state index contributed by atoms with van der Waals surface area (Å²) in [7, 11) is 5.98. The number of carbonyl (C=O) groups excluding carboxylic acids is 2. The van der Waals surface area contributed by atoms with Gasteiger partial charge in [-0.1, -0.05) is 274 Å². The van der Waals surface area contributed by atoms with Crippen LogP contribution in [0, 0.1) is 0 Å². The average molecular weight is 1060 g/mol. The molecule has 0 aliphatic heterocycles. The highest BCUT2D eigenvalue weighted by atomic mass is 16.7. The Balaban J connectivity index is 3.99. The number of rotatable bonds is 58. The first-order valence-electron chi connectivity index (χ1n) is 31.5. The number of quaternary nitrogens is 1. The second-order valence-corrected chi connectivity index (χ2v) is 22.3. The van der Waals surface area contributed by atoms with E-state index in [1.807, 2.05) is 21.1 Å². The van der Waals surface area contributed by atoms with E-state index in [0.717, 1.165) is 70.6 Å². The number of hydrogen-bond acceptors (Lipinski definition) is 7. The van der Waals surface area contributed by atoms with Crippen molar-refractivity contribution >= 4 is 17.9 Å². The van der Waals surface area contributed by atoms with Gasteiger partial charge in [0.25, 0.3) is 6.29 Å². The van der Waals surface area contributed by atoms with Gasteiger partial charge in [0, 0.05) is 12.8 Å². The number of aliphatic carboxylic acids is 1. The molecule has 0 aromatic carbocycles. The van der Waals surface area contributed by atoms with Crippen molar-refractivity contribution in [3.05, 3.63) is 60.8 Å². The van der Waals surface area contributed by atoms with Crippen molar-refractivity contribution in [2.24, 2.45) is 0 Å². The van der Waals surface area contributed by atoms with Gasteiger partial charge in [-0.3, -0.25) is 9.59 Å². The summed E-state index contributed by atoms with van der Waals surface area (Å²) in [6, 6.07) is 0. The third-order valence-electron chi connectivity index (χ3n) is 13.8. The van der Waals surface area contributed by atoms with Crippen LogP contribution in [0.1, 0.15) is 284 Å². The smallest absolute Gasteiger partial charge is 0.361 e. The van der Waals surface area contributed by atoms with Crippen LogP contribution in [0.4, 0.5) is 0 Å². The number of likely N-dealkylation sites (N-methyl/N-ethyl adjacent to an activating group) is 1. The Hall–Kier alpha value is -3.01. The molecule has 0 aliphatic carbocycles. The Labute approximate surface area is 463 Å². The van der Waals surface area contributed by atoms with Crippen molar-refractivity contribution in [3.8, 4) is 0 Å². The minimum absolute atomic E-state index is 0.177. The van der Waals surface area contributed by atoms with Crippen LogP contribution in [-0.4, -0.2) is 87.4 Å². The highest BCUT2D eigenvalue weighted by Gasteiger charge is 2.25. The summed E-state index contributed by atoms with van der Waals surface area (Å²) in [6.45, 7) is 4.79. The fourth-order valence-electron chi connectivity index (χ4n) is 8.98. The zero-order valence-corrected chi connectivity index (χ0v) is 49.7. The predicted molar refractivity (Wildman–Crippen MR) is 318 cm³/mol. The van der Waals surface area contributed by atoms with Crippen LogP contribution in [0.3, 0.4) is 0 Å². The van der Waals surface area contributed by atoms with E-state index in [1.165, 1.54) is 186 Å². The standard InChI is InChI=1S/C66H119NO8/c1-6-8-10-12-14-16-18-20-21-22-23-24-25-26-27-28-29-30-31-32-33-34-35-36-37-38-39-40-41-42-43-45-47-49-51-53-55-57-64(69)75-62(61-74-66(65(70)71)72-59-58-67(3,4)5)60-73-63(68)56-54-52-50-48-46-44-19-17-15-13-11-9-7-2/h8,10,14,16,20-21,23-24,26-27,62,66H,6-7,9,11-13,15,17-19,22,25,28-61H2,1-5H3/p+1/b10-8-,16-14-,21-20-,24-23-,27-26-. The van der Waals surface area contributed by atoms with Crippen molar-refractivity contribution in [3.63, 3.8) is 0 Å². The third kappa shape index (κ3) is 58.5. The summed E-state index contributed by atoms with van der Waals surface area (Å²) in [5.41, 5.74) is 0. The second-order valence-electron chi connectivity index (χ2n) is 22.3. The van der Waals surface area contributed by atoms with Crippen LogP contribution in [-0.2, 0) is 33.3 Å². The van der Waals surface area contributed by atoms with Gasteiger partial charge in [-0.05, 0) is 57.8 Å². The molecule has 0 radical (unpaired) electrons. The number of allylic oxidation sites excluding steroid dienone is 10. The van der Waals surface area contributed by atoms with Crippen LogP contribution in [0.15, 0.2) is 60.8 Å². The van der Waals surface area contributed by atoms with Crippen molar-refractivity contribution in [1.29, 1.82) is 0 Å². The van der Waals surface area contributed by atoms with Gasteiger partial charge in [0.1, 0.15) is 13.2 Å². The summed E-state index contributed by atoms with van der Waals surface area (Å²) in [5.74, 6) is -1.99. The lowest BCUT2D eigenvalue weighted by Gasteiger charge is -2.25. The zero-order chi connectivity index (χ0) is 54.8. The van der Waals surface area contributed by atoms with Gasteiger partial charge in [-0.25, -0.2) is 4.79 Å². The summed E-state index contributed by atoms with van der Waals surface area (Å²) in [5, 5.41) is 9.70. The van der Waals surface area contributed by atoms with E-state index in [4.69, 9.17) is 18.9 Å². The molecule has 0 spiro atoms. The quantitative estimate of drug-likeness (QED) is 0.0211. The van der Waals surface area contributed by atoms with Gasteiger partial charge in [0.15, 0.2) is 6.10 Å². The van der Waals surface area contributed by atoms with E-state index in [-0.39, 0.29) is 38.2 Å². The molecule has 0 aromatic rings. The van der Waals surface area contributed by atoms with Crippen LogP contribution in [0.2, 0.25) is 0 Å². The van der Waals surface area contributed by atoms with Gasteiger partial charge in [0.05, 0.1) is 34.4 Å². The van der Waals surface area contributed by atoms with Gasteiger partial charge >= 0.3 is 17.9 Å². The minimum atomic E-state index is -1.51. The molecule has 0 rings (SSSR count). The maximum absolute atomic E-state index is 12.9. The molecule has 2 atom stereocenters. The lowest BCUT2D eigenvalue weighted by Crippen LogP contribution is -2.40. The number of hydrogen-bond donors (Lipinski definition) is 1. The summed E-state index contributed by atoms with van der Waals surface area (Å²) in [6.07, 6.45) is 70.4. The molecule has 1 N–H and O–H groups in total. The number of esters is 2. The number of nitrogens with zero attached hydrogens (tertiary/aromatic N) is 1. The molecule has 0 aliphatic rings. The molecule has 0 amide bonds. The number of unbranched alkanes of at least 4 members (excludes halogenated alkanes) is 33. The molecule has 75 heavy (non-hydrogen) atoms. The van der Waals surface area contributed by atoms with Gasteiger partial charge in [0.2, 0.25) is 0 Å². The molecule has 436 valence electrons. The van der Waals surface area contributed by atoms with Crippen LogP contribution >= 0.6 is 0 Å². The summed E-state index contributed by atoms with van der Waals surface area (Å²) < 4.78 is 22.9. The number of carbonyl (C=O) groups is 3. The Bertz CT molecular complexity index is 1410. The molecule has 0 saturated carbocycles. The number of ether oxygens (including phenoxy) is 4. The maximum Gasteiger partial charge on any atom is 0.361 e. The number of carboxylic acids is 1. The molecule has 0 saturated heterocycles. The highest BCUT2D eigenvalue weighted by Crippen LogP contribution is 2.17. The molecule has 0 aromatic heterocycles. The Morgan fingerprint density at radius 1 is 0.413 bits per heavy atom. The fourth-order valence-corrected chi connectivity index (χ4v) is 8.98. The van der Waals surface area contributed by atoms with E-state index in [2.05, 4.69) is 74.6 Å². The van der Waals surface area contributed by atoms with E-state index < -0.39 is 18.4 Å². The van der Waals surface area contributed by atoms with E-state index in [9.17, 15) is 19.5 Å². The Morgan fingerprint density at radius 2 is 0.760 bits per heavy atom. The fraction of sp³-hybridized carbons (Fsp3) is 0.803. The zero-order valence-electron chi connectivity index (χ0n) is 49.7. The van der Waals surface area contributed by atoms with Crippen molar-refractivity contribution in [2.45, 2.75) is 296 Å². The lowest BCUT2D eigenvalue weighted by molar-refractivity contribution is -0.870. The number of carboxylic acid groups (broad SMARTS) is 1. The van der Waals surface area contributed by atoms with E-state index >= 15 is 0 Å². The minimum Gasteiger partial charge on any atom is -0.477 e. The molecular weight excluding hydrogens is 935 g/mol. The monoisotopic (exact) mass is 1050 g/mol. The molecule has 0 bridgehead atoms. The second kappa shape index (κ2) is 57.2. The van der Waals surface area contributed by atoms with Crippen LogP contribution in [0.5, 0.6) is 0 Å². The van der Waals surface area contributed by atoms with Crippen molar-refractivity contribution in [1.82, 2.24) is 0 Å². The van der Waals surface area contributed by atoms with E-state index in [0.29, 0.717) is 17.4 Å². The lowest BCUT2D eigenvalue weighted by atomic mass is 10.0. The molecule has 9 heteroatoms. The predicted octanol–water partition coefficient (Wildman–Crippen LogP) is 18.8. The molecule has 9 nitrogen and oxygen atoms in total. The normalized spacial score (nSPS) is 13.1. The Kier molecular flexibility index (Phi) is 54.9. The topological polar surface area (TPSA) is 108 Å². The largest absolute Gasteiger partial charge is 0.477 e. The van der Waals surface area contributed by atoms with Crippen molar-refractivity contribution < 1.29 is 42.9 Å². The molecular formula is C66H120NO8+. The summed E-state index contributed by atoms with van der Waals surface area (Å²) >= 11 is 0. The molecule has 2 unspecified atom stereocenters. The third-order valence-corrected chi connectivity index (χ3v) is 13.8. The molecule has 0 heterocycles. The SMILES string of the molecule is CC/C=C\C/C=C\C/C=C\C/C=C\C/C=C\CCCCCCCCCCCCCCCCCCCCCCCC(=O)OC(COC(=O)CCCCCCCCCCCCCCC)COC(OCC[N+](C)(C)C)C(=O)O. The maximum atomic E-state index is 12.9. The first-order chi connectivity index (χ1) is 36.6. The van der Waals surface area contributed by atoms with Crippen LogP contribution < -0.4 is 0 Å².